The molecule has 1 N–H and O–H groups in total. The summed E-state index contributed by atoms with van der Waals surface area (Å²) in [6, 6.07) is 5.25. The van der Waals surface area contributed by atoms with Crippen LogP contribution in [0.5, 0.6) is 0 Å². The smallest absolute Gasteiger partial charge is 0.460 e. The Morgan fingerprint density at radius 2 is 1.42 bits per heavy atom. The van der Waals surface area contributed by atoms with Gasteiger partial charge in [-0.25, -0.2) is 4.79 Å². The molecule has 31 heavy (non-hydrogen) atoms. The molecular weight excluding hydrogens is 453 g/mol. The third-order valence-corrected chi connectivity index (χ3v) is 3.68. The normalized spacial score (nSPS) is 14.5. The Balaban J connectivity index is 3.53. The van der Waals surface area contributed by atoms with Gasteiger partial charge in [0.05, 0.1) is 12.8 Å². The van der Waals surface area contributed by atoms with E-state index < -0.39 is 41.4 Å². The monoisotopic (exact) mass is 467 g/mol. The molecule has 0 bridgehead atoms. The molecule has 0 amide bonds. The molecule has 0 aliphatic heterocycles. The molecule has 1 rings (SSSR count). The lowest BCUT2D eigenvalue weighted by Crippen LogP contribution is -2.61. The molecule has 0 spiro atoms. The maximum atomic E-state index is 13.9. The highest BCUT2D eigenvalue weighted by Gasteiger charge is 2.83. The molecule has 1 aromatic carbocycles. The minimum Gasteiger partial charge on any atom is -0.504 e. The van der Waals surface area contributed by atoms with Gasteiger partial charge in [-0.3, -0.25) is 0 Å². The van der Waals surface area contributed by atoms with Crippen LogP contribution in [0.25, 0.3) is 0 Å². The number of carbonyl (C=O) groups is 1. The van der Waals surface area contributed by atoms with Gasteiger partial charge in [-0.1, -0.05) is 0 Å². The van der Waals surface area contributed by atoms with Gasteiger partial charge in [0.25, 0.3) is 0 Å². The number of alkyl halides is 9. The number of halogens is 9. The van der Waals surface area contributed by atoms with E-state index in [2.05, 4.69) is 15.0 Å². The van der Waals surface area contributed by atoms with Gasteiger partial charge in [-0.2, -0.15) is 44.6 Å². The zero-order chi connectivity index (χ0) is 24.4. The number of rotatable bonds is 7. The van der Waals surface area contributed by atoms with Crippen LogP contribution in [0, 0.1) is 0 Å². The number of methoxy groups -OCH3 is 1. The second-order valence-electron chi connectivity index (χ2n) is 6.02. The average molecular weight is 467 g/mol. The Bertz CT molecular complexity index is 863. The number of carbonyl (C=O) groups excluding carboxylic acids is 1. The summed E-state index contributed by atoms with van der Waals surface area (Å²) in [6.45, 7) is 0. The SMILES string of the molecule is COC(=O)/C(N=Nc1ccc(N(C)C)cc1)=C(/O)C(F)(F)C(F)(F)C(F)(F)C(F)(F)F. The molecule has 0 fully saturated rings. The first kappa shape index (κ1) is 26.0. The number of hydrogen-bond donors (Lipinski definition) is 1. The fourth-order valence-electron chi connectivity index (χ4n) is 1.88. The molecular formula is C16H14F9N3O3. The number of allylic oxidation sites excluding steroid dienone is 1. The van der Waals surface area contributed by atoms with Gasteiger partial charge in [0.2, 0.25) is 11.5 Å². The Morgan fingerprint density at radius 3 is 1.81 bits per heavy atom. The van der Waals surface area contributed by atoms with Gasteiger partial charge in [0.15, 0.2) is 0 Å². The van der Waals surface area contributed by atoms with Crippen LogP contribution in [0.15, 0.2) is 46.0 Å². The van der Waals surface area contributed by atoms with E-state index in [0.29, 0.717) is 12.8 Å². The molecule has 0 heterocycles. The van der Waals surface area contributed by atoms with E-state index in [0.717, 1.165) is 0 Å². The molecule has 0 radical (unpaired) electrons. The molecule has 1 aromatic rings. The first-order chi connectivity index (χ1) is 13.9. The standard InChI is InChI=1S/C16H14F9N3O3/c1-28(2)9-6-4-8(5-7-9)26-27-10(12(30)31-3)11(29)13(17,18)14(19,20)15(21,22)16(23,24)25/h4-7,29H,1-3H3/b11-10-,27-26?. The third-order valence-electron chi connectivity index (χ3n) is 3.68. The quantitative estimate of drug-likeness (QED) is 0.196. The van der Waals surface area contributed by atoms with E-state index in [4.69, 9.17) is 0 Å². The van der Waals surface area contributed by atoms with Crippen LogP contribution in [0.3, 0.4) is 0 Å². The van der Waals surface area contributed by atoms with Crippen LogP contribution in [-0.4, -0.2) is 56.2 Å². The lowest BCUT2D eigenvalue weighted by Gasteiger charge is -2.33. The van der Waals surface area contributed by atoms with Crippen LogP contribution >= 0.6 is 0 Å². The number of benzene rings is 1. The third kappa shape index (κ3) is 4.85. The molecule has 0 atom stereocenters. The van der Waals surface area contributed by atoms with Gasteiger partial charge >= 0.3 is 29.9 Å². The number of azo groups is 1. The summed E-state index contributed by atoms with van der Waals surface area (Å²) in [5.74, 6) is -26.3. The number of esters is 1. The summed E-state index contributed by atoms with van der Waals surface area (Å²) >= 11 is 0. The highest BCUT2D eigenvalue weighted by Crippen LogP contribution is 2.55. The Labute approximate surface area is 168 Å². The van der Waals surface area contributed by atoms with E-state index in [1.165, 1.54) is 24.3 Å². The largest absolute Gasteiger partial charge is 0.504 e. The number of ether oxygens (including phenoxy) is 1. The van der Waals surface area contributed by atoms with Crippen LogP contribution < -0.4 is 4.90 Å². The molecule has 174 valence electrons. The van der Waals surface area contributed by atoms with Gasteiger partial charge in [-0.05, 0) is 24.3 Å². The zero-order valence-electron chi connectivity index (χ0n) is 15.8. The van der Waals surface area contributed by atoms with Crippen molar-refractivity contribution in [3.05, 3.63) is 35.7 Å². The van der Waals surface area contributed by atoms with Crippen molar-refractivity contribution in [2.45, 2.75) is 23.9 Å². The van der Waals surface area contributed by atoms with E-state index in [9.17, 15) is 49.4 Å². The predicted molar refractivity (Wildman–Crippen MR) is 87.9 cm³/mol. The second-order valence-corrected chi connectivity index (χ2v) is 6.02. The maximum Gasteiger partial charge on any atom is 0.460 e. The van der Waals surface area contributed by atoms with E-state index in [1.54, 1.807) is 19.0 Å². The van der Waals surface area contributed by atoms with Crippen LogP contribution in [0.1, 0.15) is 0 Å². The Kier molecular flexibility index (Phi) is 7.24. The number of anilines is 1. The van der Waals surface area contributed by atoms with Crippen molar-refractivity contribution in [1.82, 2.24) is 0 Å². The van der Waals surface area contributed by atoms with Gasteiger partial charge in [0.1, 0.15) is 0 Å². The van der Waals surface area contributed by atoms with Crippen molar-refractivity contribution in [2.24, 2.45) is 10.2 Å². The van der Waals surface area contributed by atoms with Gasteiger partial charge in [0, 0.05) is 19.8 Å². The van der Waals surface area contributed by atoms with Crippen molar-refractivity contribution < 1.29 is 54.2 Å². The summed E-state index contributed by atoms with van der Waals surface area (Å²) in [5.41, 5.74) is -1.68. The van der Waals surface area contributed by atoms with Crippen molar-refractivity contribution in [3.8, 4) is 0 Å². The first-order valence-electron chi connectivity index (χ1n) is 7.83. The zero-order valence-corrected chi connectivity index (χ0v) is 15.8. The van der Waals surface area contributed by atoms with E-state index >= 15 is 0 Å². The maximum absolute atomic E-state index is 13.9. The lowest BCUT2D eigenvalue weighted by atomic mass is 10.0. The van der Waals surface area contributed by atoms with Gasteiger partial charge < -0.3 is 14.7 Å². The minimum absolute atomic E-state index is 0.185. The highest BCUT2D eigenvalue weighted by molar-refractivity contribution is 5.88. The van der Waals surface area contributed by atoms with Crippen molar-refractivity contribution in [2.75, 3.05) is 26.1 Å². The van der Waals surface area contributed by atoms with Crippen LogP contribution in [0.4, 0.5) is 50.9 Å². The summed E-state index contributed by atoms with van der Waals surface area (Å²) in [5, 5.41) is 15.4. The molecule has 0 aliphatic carbocycles. The predicted octanol–water partition coefficient (Wildman–Crippen LogP) is 5.25. The molecule has 0 aliphatic rings. The number of aliphatic hydroxyl groups excluding tert-OH is 1. The minimum atomic E-state index is -7.28. The summed E-state index contributed by atoms with van der Waals surface area (Å²) in [4.78, 5) is 13.2. The van der Waals surface area contributed by atoms with Gasteiger partial charge in [-0.15, -0.1) is 5.11 Å². The number of nitrogens with zero attached hydrogens (tertiary/aromatic N) is 3. The Hall–Kier alpha value is -3.00. The molecule has 0 aromatic heterocycles. The highest BCUT2D eigenvalue weighted by atomic mass is 19.4. The fourth-order valence-corrected chi connectivity index (χ4v) is 1.88. The molecule has 0 unspecified atom stereocenters. The van der Waals surface area contributed by atoms with Crippen molar-refractivity contribution in [1.29, 1.82) is 0 Å². The van der Waals surface area contributed by atoms with E-state index in [-0.39, 0.29) is 5.69 Å². The fraction of sp³-hybridized carbons (Fsp3) is 0.438. The molecule has 6 nitrogen and oxygen atoms in total. The van der Waals surface area contributed by atoms with Crippen LogP contribution in [-0.2, 0) is 9.53 Å². The van der Waals surface area contributed by atoms with Crippen molar-refractivity contribution in [3.63, 3.8) is 0 Å². The number of aliphatic hydroxyl groups is 1. The lowest BCUT2D eigenvalue weighted by molar-refractivity contribution is -0.392. The topological polar surface area (TPSA) is 74.5 Å². The summed E-state index contributed by atoms with van der Waals surface area (Å²) in [6.07, 6.45) is -7.11. The first-order valence-corrected chi connectivity index (χ1v) is 7.83. The second kappa shape index (κ2) is 8.63. The van der Waals surface area contributed by atoms with Crippen LogP contribution in [0.2, 0.25) is 0 Å². The molecule has 0 saturated carbocycles. The van der Waals surface area contributed by atoms with Crippen molar-refractivity contribution >= 4 is 17.3 Å². The van der Waals surface area contributed by atoms with E-state index in [1.807, 2.05) is 0 Å². The molecule has 15 heteroatoms. The average Bonchev–Trinajstić information content (AvgIpc) is 2.66. The summed E-state index contributed by atoms with van der Waals surface area (Å²) in [7, 11) is 3.83. The molecule has 0 saturated heterocycles. The Morgan fingerprint density at radius 1 is 0.935 bits per heavy atom. The summed E-state index contributed by atoms with van der Waals surface area (Å²) < 4.78 is 121. The number of hydrogen-bond acceptors (Lipinski definition) is 6.